The Labute approximate surface area is 236 Å². The molecule has 2 fully saturated rings. The van der Waals surface area contributed by atoms with Crippen molar-refractivity contribution in [2.45, 2.75) is 49.8 Å². The number of phenolic OH excluding ortho intramolecular Hbond substituents is 1. The minimum atomic E-state index is -1.61. The molecule has 2 aliphatic heterocycles. The molecule has 13 nitrogen and oxygen atoms in total. The van der Waals surface area contributed by atoms with E-state index in [2.05, 4.69) is 0 Å². The first-order valence-electron chi connectivity index (χ1n) is 13.0. The molecule has 2 saturated heterocycles. The summed E-state index contributed by atoms with van der Waals surface area (Å²) in [4.78, 5) is 11.7. The second kappa shape index (κ2) is 13.2. The highest BCUT2D eigenvalue weighted by Gasteiger charge is 2.46. The number of aliphatic hydroxyl groups excluding tert-OH is 5. The maximum absolute atomic E-state index is 11.7. The zero-order valence-electron chi connectivity index (χ0n) is 22.8. The van der Waals surface area contributed by atoms with Crippen LogP contribution in [0.1, 0.15) is 30.3 Å². The third-order valence-electron chi connectivity index (χ3n) is 7.44. The van der Waals surface area contributed by atoms with E-state index in [0.717, 1.165) is 0 Å². The van der Waals surface area contributed by atoms with Crippen molar-refractivity contribution >= 4 is 5.97 Å². The fourth-order valence-corrected chi connectivity index (χ4v) is 5.15. The second-order valence-electron chi connectivity index (χ2n) is 9.99. The van der Waals surface area contributed by atoms with E-state index in [9.17, 15) is 35.4 Å². The highest BCUT2D eigenvalue weighted by atomic mass is 16.7. The van der Waals surface area contributed by atoms with E-state index in [0.29, 0.717) is 11.1 Å². The average Bonchev–Trinajstić information content (AvgIpc) is 3.40. The van der Waals surface area contributed by atoms with Crippen molar-refractivity contribution in [1.29, 1.82) is 0 Å². The Morgan fingerprint density at radius 1 is 1.00 bits per heavy atom. The predicted molar refractivity (Wildman–Crippen MR) is 139 cm³/mol. The van der Waals surface area contributed by atoms with Crippen molar-refractivity contribution < 1.29 is 63.9 Å². The molecule has 1 unspecified atom stereocenters. The first kappa shape index (κ1) is 30.8. The van der Waals surface area contributed by atoms with Gasteiger partial charge in [-0.1, -0.05) is 12.1 Å². The van der Waals surface area contributed by atoms with Crippen molar-refractivity contribution in [3.8, 4) is 23.0 Å². The molecule has 0 radical (unpaired) electrons. The van der Waals surface area contributed by atoms with Crippen LogP contribution in [0.15, 0.2) is 36.4 Å². The van der Waals surface area contributed by atoms with Gasteiger partial charge in [-0.15, -0.1) is 0 Å². The van der Waals surface area contributed by atoms with Crippen molar-refractivity contribution in [3.63, 3.8) is 0 Å². The summed E-state index contributed by atoms with van der Waals surface area (Å²) in [6.07, 6.45) is -8.96. The summed E-state index contributed by atoms with van der Waals surface area (Å²) in [5, 5.41) is 61.1. The number of benzene rings is 2. The molecule has 2 aliphatic rings. The molecule has 4 rings (SSSR count). The number of phenols is 1. The average molecular weight is 581 g/mol. The number of aromatic hydroxyl groups is 1. The molecular weight excluding hydrogens is 544 g/mol. The van der Waals surface area contributed by atoms with Crippen LogP contribution in [0.4, 0.5) is 0 Å². The number of rotatable bonds is 10. The van der Waals surface area contributed by atoms with E-state index in [4.69, 9.17) is 28.4 Å². The van der Waals surface area contributed by atoms with Gasteiger partial charge in [-0.25, -0.2) is 0 Å². The molecule has 0 amide bonds. The van der Waals surface area contributed by atoms with Gasteiger partial charge in [-0.3, -0.25) is 4.79 Å². The van der Waals surface area contributed by atoms with Crippen LogP contribution in [0, 0.1) is 11.8 Å². The van der Waals surface area contributed by atoms with Gasteiger partial charge in [0.25, 0.3) is 0 Å². The topological polar surface area (TPSA) is 194 Å². The van der Waals surface area contributed by atoms with Gasteiger partial charge < -0.3 is 59.1 Å². The zero-order chi connectivity index (χ0) is 29.8. The summed E-state index contributed by atoms with van der Waals surface area (Å²) in [6, 6.07) is 9.37. The van der Waals surface area contributed by atoms with Gasteiger partial charge in [0.2, 0.25) is 6.29 Å². The molecule has 6 N–H and O–H groups in total. The van der Waals surface area contributed by atoms with E-state index >= 15 is 0 Å². The van der Waals surface area contributed by atoms with E-state index in [1.165, 1.54) is 39.3 Å². The maximum Gasteiger partial charge on any atom is 0.302 e. The lowest BCUT2D eigenvalue weighted by molar-refractivity contribution is -0.277. The molecule has 0 saturated carbocycles. The molecule has 2 heterocycles. The first-order valence-corrected chi connectivity index (χ1v) is 13.0. The highest BCUT2D eigenvalue weighted by molar-refractivity contribution is 5.65. The Bertz CT molecular complexity index is 1190. The highest BCUT2D eigenvalue weighted by Crippen LogP contribution is 2.46. The van der Waals surface area contributed by atoms with Crippen LogP contribution in [-0.2, 0) is 19.0 Å². The fraction of sp³-hybridized carbons (Fsp3) is 0.536. The lowest BCUT2D eigenvalue weighted by Gasteiger charge is -2.39. The number of ether oxygens (including phenoxy) is 6. The van der Waals surface area contributed by atoms with Gasteiger partial charge in [0, 0.05) is 18.8 Å². The van der Waals surface area contributed by atoms with Gasteiger partial charge in [0.05, 0.1) is 46.2 Å². The Hall–Kier alpha value is -3.17. The van der Waals surface area contributed by atoms with Gasteiger partial charge in [-0.05, 0) is 35.4 Å². The SMILES string of the molecule is COc1cc([C@@H](O)[C@H]2CO[C@@H](c3ccc(OC4O[C@H](CO)[C@@H](O)[C@H](O)[C@H]4O)c(OC)c3)[C@@H]2COC(C)=O)ccc1O. The molecule has 2 aromatic carbocycles. The molecule has 0 spiro atoms. The minimum Gasteiger partial charge on any atom is -0.504 e. The van der Waals surface area contributed by atoms with Crippen molar-refractivity contribution in [1.82, 2.24) is 0 Å². The molecule has 0 aromatic heterocycles. The lowest BCUT2D eigenvalue weighted by Crippen LogP contribution is -2.60. The summed E-state index contributed by atoms with van der Waals surface area (Å²) < 4.78 is 33.3. The van der Waals surface area contributed by atoms with Gasteiger partial charge in [-0.2, -0.15) is 0 Å². The molecule has 226 valence electrons. The predicted octanol–water partition coefficient (Wildman–Crippen LogP) is 0.188. The zero-order valence-corrected chi connectivity index (χ0v) is 22.8. The van der Waals surface area contributed by atoms with Crippen LogP contribution in [-0.4, -0.2) is 101 Å². The van der Waals surface area contributed by atoms with Crippen LogP contribution in [0.3, 0.4) is 0 Å². The maximum atomic E-state index is 11.7. The summed E-state index contributed by atoms with van der Waals surface area (Å²) in [7, 11) is 2.80. The lowest BCUT2D eigenvalue weighted by atomic mass is 9.82. The normalized spacial score (nSPS) is 30.4. The van der Waals surface area contributed by atoms with Crippen LogP contribution < -0.4 is 14.2 Å². The molecule has 2 aromatic rings. The molecule has 41 heavy (non-hydrogen) atoms. The number of aliphatic hydroxyl groups is 5. The summed E-state index contributed by atoms with van der Waals surface area (Å²) >= 11 is 0. The number of esters is 1. The van der Waals surface area contributed by atoms with Crippen molar-refractivity contribution in [2.75, 3.05) is 34.0 Å². The Kier molecular flexibility index (Phi) is 9.92. The van der Waals surface area contributed by atoms with E-state index in [1.54, 1.807) is 18.2 Å². The van der Waals surface area contributed by atoms with E-state index in [1.807, 2.05) is 0 Å². The quantitative estimate of drug-likeness (QED) is 0.209. The third kappa shape index (κ3) is 6.51. The monoisotopic (exact) mass is 580 g/mol. The molecule has 0 aliphatic carbocycles. The summed E-state index contributed by atoms with van der Waals surface area (Å²) in [5.41, 5.74) is 1.11. The van der Waals surface area contributed by atoms with Crippen molar-refractivity contribution in [3.05, 3.63) is 47.5 Å². The van der Waals surface area contributed by atoms with Crippen LogP contribution in [0.2, 0.25) is 0 Å². The van der Waals surface area contributed by atoms with E-state index < -0.39 is 67.3 Å². The Morgan fingerprint density at radius 3 is 2.39 bits per heavy atom. The van der Waals surface area contributed by atoms with Gasteiger partial charge >= 0.3 is 5.97 Å². The molecule has 0 bridgehead atoms. The van der Waals surface area contributed by atoms with Gasteiger partial charge in [0.15, 0.2) is 23.0 Å². The largest absolute Gasteiger partial charge is 0.504 e. The minimum absolute atomic E-state index is 0.0393. The smallest absolute Gasteiger partial charge is 0.302 e. The Balaban J connectivity index is 1.58. The number of methoxy groups -OCH3 is 2. The summed E-state index contributed by atoms with van der Waals surface area (Å²) in [5.74, 6) is -0.965. The van der Waals surface area contributed by atoms with Crippen LogP contribution in [0.25, 0.3) is 0 Å². The number of carbonyl (C=O) groups is 1. The molecular formula is C28H36O13. The van der Waals surface area contributed by atoms with E-state index in [-0.39, 0.29) is 36.2 Å². The standard InChI is InChI=1S/C28H36O13/c1-13(30)38-12-17-16(23(32)14-4-6-18(31)20(8-14)36-2)11-39-27(17)15-5-7-19(21(9-15)37-3)40-28-26(35)25(34)24(33)22(10-29)41-28/h4-9,16-17,22-29,31-35H,10-12H2,1-3H3/t16-,17+,22+,23+,24+,25-,26+,27-,28?/m0/s1. The second-order valence-corrected chi connectivity index (χ2v) is 9.99. The first-order chi connectivity index (χ1) is 19.6. The van der Waals surface area contributed by atoms with Crippen LogP contribution >= 0.6 is 0 Å². The third-order valence-corrected chi connectivity index (χ3v) is 7.44. The fourth-order valence-electron chi connectivity index (χ4n) is 5.15. The van der Waals surface area contributed by atoms with Crippen LogP contribution in [0.5, 0.6) is 23.0 Å². The molecule has 9 atom stereocenters. The van der Waals surface area contributed by atoms with Crippen molar-refractivity contribution in [2.24, 2.45) is 11.8 Å². The number of hydrogen-bond donors (Lipinski definition) is 6. The Morgan fingerprint density at radius 2 is 1.73 bits per heavy atom. The van der Waals surface area contributed by atoms with Gasteiger partial charge in [0.1, 0.15) is 24.4 Å². The number of hydrogen-bond acceptors (Lipinski definition) is 13. The number of carbonyl (C=O) groups excluding carboxylic acids is 1. The summed E-state index contributed by atoms with van der Waals surface area (Å²) in [6.45, 7) is 0.775. The molecule has 13 heteroatoms.